The van der Waals surface area contributed by atoms with Gasteiger partial charge in [0.1, 0.15) is 0 Å². The minimum Gasteiger partial charge on any atom is -0.273 e. The van der Waals surface area contributed by atoms with Gasteiger partial charge in [-0.25, -0.2) is 5.43 Å². The standard InChI is InChI=1S/C24H22N2O/c1-17(18-12-14-20(15-13-18)19-8-4-2-5-9-19)25-26-24(27)23-16-22(23)21-10-6-3-7-11-21/h2-15,22-23H,16H2,1H3,(H,26,27)/b25-17-/t22-,23+/m1/s1. The Hall–Kier alpha value is -3.20. The number of carbonyl (C=O) groups excluding carboxylic acids is 1. The van der Waals surface area contributed by atoms with Gasteiger partial charge in [-0.3, -0.25) is 4.79 Å². The highest BCUT2D eigenvalue weighted by atomic mass is 16.2. The van der Waals surface area contributed by atoms with Gasteiger partial charge in [0.05, 0.1) is 5.71 Å². The Labute approximate surface area is 159 Å². The summed E-state index contributed by atoms with van der Waals surface area (Å²) in [6.07, 6.45) is 0.899. The number of nitrogens with one attached hydrogen (secondary N) is 1. The molecule has 1 saturated carbocycles. The Morgan fingerprint density at radius 1 is 0.852 bits per heavy atom. The molecule has 1 amide bonds. The maximum Gasteiger partial charge on any atom is 0.243 e. The van der Waals surface area contributed by atoms with E-state index in [1.165, 1.54) is 16.7 Å². The number of hydrazone groups is 1. The molecule has 0 bridgehead atoms. The van der Waals surface area contributed by atoms with E-state index in [2.05, 4.69) is 46.9 Å². The van der Waals surface area contributed by atoms with Gasteiger partial charge in [-0.1, -0.05) is 84.9 Å². The molecule has 4 rings (SSSR count). The van der Waals surface area contributed by atoms with Crippen LogP contribution in [0, 0.1) is 5.92 Å². The summed E-state index contributed by atoms with van der Waals surface area (Å²) < 4.78 is 0. The first-order valence-electron chi connectivity index (χ1n) is 9.27. The van der Waals surface area contributed by atoms with Crippen LogP contribution in [0.15, 0.2) is 90.0 Å². The van der Waals surface area contributed by atoms with Crippen molar-refractivity contribution in [3.8, 4) is 11.1 Å². The van der Waals surface area contributed by atoms with Crippen LogP contribution in [0.3, 0.4) is 0 Å². The van der Waals surface area contributed by atoms with Crippen molar-refractivity contribution in [1.29, 1.82) is 0 Å². The Bertz CT molecular complexity index is 947. The first-order valence-corrected chi connectivity index (χ1v) is 9.27. The van der Waals surface area contributed by atoms with Crippen molar-refractivity contribution >= 4 is 11.6 Å². The van der Waals surface area contributed by atoms with E-state index in [1.54, 1.807) is 0 Å². The summed E-state index contributed by atoms with van der Waals surface area (Å²) in [5.41, 5.74) is 8.13. The van der Waals surface area contributed by atoms with Crippen LogP contribution in [-0.2, 0) is 4.79 Å². The summed E-state index contributed by atoms with van der Waals surface area (Å²) in [5.74, 6) is 0.361. The molecular weight excluding hydrogens is 332 g/mol. The number of carbonyl (C=O) groups is 1. The maximum absolute atomic E-state index is 12.3. The van der Waals surface area contributed by atoms with Gasteiger partial charge in [-0.15, -0.1) is 0 Å². The lowest BCUT2D eigenvalue weighted by atomic mass is 10.0. The maximum atomic E-state index is 12.3. The van der Waals surface area contributed by atoms with Gasteiger partial charge in [0.25, 0.3) is 0 Å². The highest BCUT2D eigenvalue weighted by Crippen LogP contribution is 2.47. The molecule has 0 unspecified atom stereocenters. The van der Waals surface area contributed by atoms with E-state index in [-0.39, 0.29) is 11.8 Å². The second kappa shape index (κ2) is 7.58. The molecule has 3 nitrogen and oxygen atoms in total. The van der Waals surface area contributed by atoms with E-state index < -0.39 is 0 Å². The average molecular weight is 354 g/mol. The molecule has 0 aliphatic heterocycles. The summed E-state index contributed by atoms with van der Waals surface area (Å²) in [6, 6.07) is 28.7. The van der Waals surface area contributed by atoms with Crippen LogP contribution in [-0.4, -0.2) is 11.6 Å². The average Bonchev–Trinajstić information content (AvgIpc) is 3.54. The van der Waals surface area contributed by atoms with Crippen molar-refractivity contribution in [2.45, 2.75) is 19.3 Å². The molecule has 134 valence electrons. The molecule has 0 radical (unpaired) electrons. The molecule has 27 heavy (non-hydrogen) atoms. The number of amides is 1. The molecule has 1 fully saturated rings. The van der Waals surface area contributed by atoms with Crippen molar-refractivity contribution in [3.05, 3.63) is 96.1 Å². The van der Waals surface area contributed by atoms with Gasteiger partial charge >= 0.3 is 0 Å². The zero-order valence-electron chi connectivity index (χ0n) is 15.3. The Morgan fingerprint density at radius 2 is 1.44 bits per heavy atom. The zero-order valence-corrected chi connectivity index (χ0v) is 15.3. The predicted octanol–water partition coefficient (Wildman–Crippen LogP) is 5.00. The fourth-order valence-electron chi connectivity index (χ4n) is 3.37. The van der Waals surface area contributed by atoms with E-state index in [4.69, 9.17) is 0 Å². The SMILES string of the molecule is C/C(=N/NC(=O)[C@H]1C[C@@H]1c1ccccc1)c1ccc(-c2ccccc2)cc1. The molecule has 0 heterocycles. The summed E-state index contributed by atoms with van der Waals surface area (Å²) in [4.78, 5) is 12.3. The quantitative estimate of drug-likeness (QED) is 0.508. The first kappa shape index (κ1) is 17.2. The van der Waals surface area contributed by atoms with Crippen LogP contribution in [0.4, 0.5) is 0 Å². The Morgan fingerprint density at radius 3 is 2.11 bits per heavy atom. The molecule has 3 aromatic rings. The minimum absolute atomic E-state index is 0.00380. The van der Waals surface area contributed by atoms with Crippen molar-refractivity contribution in [2.75, 3.05) is 0 Å². The molecule has 3 heteroatoms. The third-order valence-electron chi connectivity index (χ3n) is 5.10. The smallest absolute Gasteiger partial charge is 0.243 e. The van der Waals surface area contributed by atoms with Gasteiger partial charge in [-0.2, -0.15) is 5.10 Å². The van der Waals surface area contributed by atoms with Gasteiger partial charge < -0.3 is 0 Å². The molecular formula is C24H22N2O. The van der Waals surface area contributed by atoms with Crippen LogP contribution < -0.4 is 5.43 Å². The van der Waals surface area contributed by atoms with Gasteiger partial charge in [0.15, 0.2) is 0 Å². The summed E-state index contributed by atoms with van der Waals surface area (Å²) in [7, 11) is 0. The first-order chi connectivity index (χ1) is 13.2. The van der Waals surface area contributed by atoms with E-state index in [1.807, 2.05) is 55.5 Å². The van der Waals surface area contributed by atoms with E-state index >= 15 is 0 Å². The molecule has 1 N–H and O–H groups in total. The second-order valence-corrected chi connectivity index (χ2v) is 6.98. The van der Waals surface area contributed by atoms with E-state index in [0.717, 1.165) is 17.7 Å². The minimum atomic E-state index is 0.00380. The van der Waals surface area contributed by atoms with Crippen molar-refractivity contribution in [3.63, 3.8) is 0 Å². The van der Waals surface area contributed by atoms with Crippen molar-refractivity contribution in [2.24, 2.45) is 11.0 Å². The second-order valence-electron chi connectivity index (χ2n) is 6.98. The summed E-state index contributed by atoms with van der Waals surface area (Å²) in [6.45, 7) is 1.92. The summed E-state index contributed by atoms with van der Waals surface area (Å²) in [5, 5.41) is 4.30. The predicted molar refractivity (Wildman–Crippen MR) is 110 cm³/mol. The van der Waals surface area contributed by atoms with Crippen LogP contribution in [0.1, 0.15) is 30.4 Å². The Balaban J connectivity index is 1.38. The lowest BCUT2D eigenvalue weighted by Gasteiger charge is -2.05. The van der Waals surface area contributed by atoms with Gasteiger partial charge in [-0.05, 0) is 41.5 Å². The number of nitrogens with zero attached hydrogens (tertiary/aromatic N) is 1. The third-order valence-corrected chi connectivity index (χ3v) is 5.10. The molecule has 2 atom stereocenters. The number of hydrogen-bond acceptors (Lipinski definition) is 2. The molecule has 3 aromatic carbocycles. The topological polar surface area (TPSA) is 41.5 Å². The zero-order chi connectivity index (χ0) is 18.6. The molecule has 0 aromatic heterocycles. The number of hydrogen-bond donors (Lipinski definition) is 1. The van der Waals surface area contributed by atoms with E-state index in [0.29, 0.717) is 5.92 Å². The normalized spacial score (nSPS) is 18.8. The number of rotatable bonds is 5. The molecule has 0 spiro atoms. The highest BCUT2D eigenvalue weighted by Gasteiger charge is 2.43. The van der Waals surface area contributed by atoms with Gasteiger partial charge in [0.2, 0.25) is 5.91 Å². The summed E-state index contributed by atoms with van der Waals surface area (Å²) >= 11 is 0. The molecule has 1 aliphatic rings. The van der Waals surface area contributed by atoms with Crippen molar-refractivity contribution < 1.29 is 4.79 Å². The highest BCUT2D eigenvalue weighted by molar-refractivity contribution is 5.99. The van der Waals surface area contributed by atoms with E-state index in [9.17, 15) is 4.79 Å². The number of benzene rings is 3. The van der Waals surface area contributed by atoms with Gasteiger partial charge in [0, 0.05) is 5.92 Å². The lowest BCUT2D eigenvalue weighted by molar-refractivity contribution is -0.122. The van der Waals surface area contributed by atoms with Crippen molar-refractivity contribution in [1.82, 2.24) is 5.43 Å². The van der Waals surface area contributed by atoms with Crippen LogP contribution >= 0.6 is 0 Å². The largest absolute Gasteiger partial charge is 0.273 e. The monoisotopic (exact) mass is 354 g/mol. The van der Waals surface area contributed by atoms with Crippen LogP contribution in [0.2, 0.25) is 0 Å². The Kier molecular flexibility index (Phi) is 4.84. The third kappa shape index (κ3) is 3.98. The van der Waals surface area contributed by atoms with Crippen LogP contribution in [0.5, 0.6) is 0 Å². The molecule has 0 saturated heterocycles. The van der Waals surface area contributed by atoms with Crippen LogP contribution in [0.25, 0.3) is 11.1 Å². The fourth-order valence-corrected chi connectivity index (χ4v) is 3.37. The molecule has 1 aliphatic carbocycles. The fraction of sp³-hybridized carbons (Fsp3) is 0.167. The lowest BCUT2D eigenvalue weighted by Crippen LogP contribution is -2.21.